The summed E-state index contributed by atoms with van der Waals surface area (Å²) in [6.45, 7) is 2.45. The minimum absolute atomic E-state index is 0. The van der Waals surface area contributed by atoms with Gasteiger partial charge >= 0.3 is 0 Å². The molecule has 0 amide bonds. The predicted molar refractivity (Wildman–Crippen MR) is 93.6 cm³/mol. The van der Waals surface area contributed by atoms with E-state index < -0.39 is 0 Å². The molecule has 0 saturated carbocycles. The van der Waals surface area contributed by atoms with Crippen molar-refractivity contribution in [2.45, 2.75) is 25.8 Å². The smallest absolute Gasteiger partial charge is 0.191 e. The maximum Gasteiger partial charge on any atom is 0.191 e. The molecule has 0 bridgehead atoms. The van der Waals surface area contributed by atoms with Crippen molar-refractivity contribution >= 4 is 29.9 Å². The minimum atomic E-state index is 0. The highest BCUT2D eigenvalue weighted by Crippen LogP contribution is 1.94. The summed E-state index contributed by atoms with van der Waals surface area (Å²) >= 11 is 0. The van der Waals surface area contributed by atoms with Gasteiger partial charge in [0.2, 0.25) is 0 Å². The molecule has 6 heteroatoms. The summed E-state index contributed by atoms with van der Waals surface area (Å²) in [5, 5.41) is 6.53. The van der Waals surface area contributed by atoms with Crippen LogP contribution in [0.25, 0.3) is 0 Å². The molecule has 0 aliphatic carbocycles. The van der Waals surface area contributed by atoms with Crippen LogP contribution in [0, 0.1) is 0 Å². The SMILES string of the molecule is CN=C(NCCCCCOC)NCc1ccccn1.I. The third-order valence-electron chi connectivity index (χ3n) is 2.70. The molecule has 1 heterocycles. The Bertz CT molecular complexity index is 359. The molecule has 0 unspecified atom stereocenters. The lowest BCUT2D eigenvalue weighted by atomic mass is 10.2. The molecule has 1 aromatic rings. The van der Waals surface area contributed by atoms with E-state index in [1.807, 2.05) is 18.2 Å². The van der Waals surface area contributed by atoms with Crippen LogP contribution < -0.4 is 10.6 Å². The van der Waals surface area contributed by atoms with Crippen molar-refractivity contribution in [1.82, 2.24) is 15.6 Å². The van der Waals surface area contributed by atoms with E-state index in [0.29, 0.717) is 6.54 Å². The van der Waals surface area contributed by atoms with Crippen LogP contribution in [0.4, 0.5) is 0 Å². The number of nitrogens with one attached hydrogen (secondary N) is 2. The van der Waals surface area contributed by atoms with Crippen LogP contribution in [0.2, 0.25) is 0 Å². The fourth-order valence-electron chi connectivity index (χ4n) is 1.65. The van der Waals surface area contributed by atoms with Crippen LogP contribution in [0.3, 0.4) is 0 Å². The van der Waals surface area contributed by atoms with Gasteiger partial charge in [-0.1, -0.05) is 6.07 Å². The van der Waals surface area contributed by atoms with Crippen molar-refractivity contribution < 1.29 is 4.74 Å². The number of hydrogen-bond donors (Lipinski definition) is 2. The summed E-state index contributed by atoms with van der Waals surface area (Å²) in [4.78, 5) is 8.44. The number of guanidine groups is 1. The topological polar surface area (TPSA) is 58.5 Å². The Morgan fingerprint density at radius 2 is 2.10 bits per heavy atom. The van der Waals surface area contributed by atoms with Crippen LogP contribution in [0.15, 0.2) is 29.4 Å². The zero-order chi connectivity index (χ0) is 13.8. The lowest BCUT2D eigenvalue weighted by Crippen LogP contribution is -2.37. The molecule has 1 aromatic heterocycles. The Hall–Kier alpha value is -0.890. The van der Waals surface area contributed by atoms with E-state index in [1.54, 1.807) is 20.4 Å². The molecule has 5 nitrogen and oxygen atoms in total. The highest BCUT2D eigenvalue weighted by molar-refractivity contribution is 14.0. The molecular weight excluding hydrogens is 367 g/mol. The van der Waals surface area contributed by atoms with Crippen molar-refractivity contribution in [3.63, 3.8) is 0 Å². The first-order valence-corrected chi connectivity index (χ1v) is 6.70. The Labute approximate surface area is 138 Å². The van der Waals surface area contributed by atoms with Gasteiger partial charge in [-0.05, 0) is 31.4 Å². The van der Waals surface area contributed by atoms with Crippen molar-refractivity contribution in [1.29, 1.82) is 0 Å². The highest BCUT2D eigenvalue weighted by Gasteiger charge is 1.98. The van der Waals surface area contributed by atoms with E-state index in [1.165, 1.54) is 0 Å². The number of unbranched alkanes of at least 4 members (excludes halogenated alkanes) is 2. The second-order valence-corrected chi connectivity index (χ2v) is 4.23. The molecule has 0 fully saturated rings. The summed E-state index contributed by atoms with van der Waals surface area (Å²) in [6, 6.07) is 5.89. The molecule has 0 spiro atoms. The van der Waals surface area contributed by atoms with Crippen LogP contribution in [0.1, 0.15) is 25.0 Å². The quantitative estimate of drug-likeness (QED) is 0.308. The van der Waals surface area contributed by atoms with E-state index in [4.69, 9.17) is 4.74 Å². The van der Waals surface area contributed by atoms with Gasteiger partial charge in [-0.2, -0.15) is 0 Å². The van der Waals surface area contributed by atoms with Gasteiger partial charge in [0, 0.05) is 33.5 Å². The van der Waals surface area contributed by atoms with Crippen molar-refractivity contribution in [2.75, 3.05) is 27.3 Å². The summed E-state index contributed by atoms with van der Waals surface area (Å²) in [5.74, 6) is 0.817. The van der Waals surface area contributed by atoms with Crippen molar-refractivity contribution in [3.8, 4) is 0 Å². The highest BCUT2D eigenvalue weighted by atomic mass is 127. The van der Waals surface area contributed by atoms with Gasteiger partial charge in [-0.3, -0.25) is 9.98 Å². The maximum absolute atomic E-state index is 5.01. The van der Waals surface area contributed by atoms with E-state index in [2.05, 4.69) is 20.6 Å². The minimum Gasteiger partial charge on any atom is -0.385 e. The standard InChI is InChI=1S/C14H24N4O.HI/c1-15-14(17-10-5-3-7-11-19-2)18-12-13-8-4-6-9-16-13;/h4,6,8-9H,3,5,7,10-12H2,1-2H3,(H2,15,17,18);1H. The Morgan fingerprint density at radius 3 is 2.75 bits per heavy atom. The third-order valence-corrected chi connectivity index (χ3v) is 2.70. The fraction of sp³-hybridized carbons (Fsp3) is 0.571. The summed E-state index contributed by atoms with van der Waals surface area (Å²) in [5.41, 5.74) is 1.01. The van der Waals surface area contributed by atoms with Gasteiger partial charge in [-0.15, -0.1) is 24.0 Å². The lowest BCUT2D eigenvalue weighted by molar-refractivity contribution is 0.192. The second-order valence-electron chi connectivity index (χ2n) is 4.23. The molecule has 1 rings (SSSR count). The zero-order valence-corrected chi connectivity index (χ0v) is 14.6. The average molecular weight is 392 g/mol. The fourth-order valence-corrected chi connectivity index (χ4v) is 1.65. The molecule has 2 N–H and O–H groups in total. The maximum atomic E-state index is 5.01. The largest absolute Gasteiger partial charge is 0.385 e. The van der Waals surface area contributed by atoms with E-state index in [-0.39, 0.29) is 24.0 Å². The molecular formula is C14H25IN4O. The lowest BCUT2D eigenvalue weighted by Gasteiger charge is -2.11. The number of ether oxygens (including phenoxy) is 1. The number of methoxy groups -OCH3 is 1. The van der Waals surface area contributed by atoms with E-state index >= 15 is 0 Å². The first kappa shape index (κ1) is 19.1. The number of nitrogens with zero attached hydrogens (tertiary/aromatic N) is 2. The predicted octanol–water partition coefficient (Wildman–Crippen LogP) is 2.18. The molecule has 114 valence electrons. The van der Waals surface area contributed by atoms with Crippen molar-refractivity contribution in [3.05, 3.63) is 30.1 Å². The van der Waals surface area contributed by atoms with Gasteiger partial charge in [0.05, 0.1) is 12.2 Å². The van der Waals surface area contributed by atoms with Crippen molar-refractivity contribution in [2.24, 2.45) is 4.99 Å². The Balaban J connectivity index is 0.00000361. The van der Waals surface area contributed by atoms with E-state index in [0.717, 1.165) is 44.1 Å². The molecule has 0 aliphatic heterocycles. The number of aromatic nitrogens is 1. The van der Waals surface area contributed by atoms with Gasteiger partial charge in [-0.25, -0.2) is 0 Å². The third kappa shape index (κ3) is 9.08. The van der Waals surface area contributed by atoms with Crippen LogP contribution in [-0.4, -0.2) is 38.3 Å². The van der Waals surface area contributed by atoms with Gasteiger partial charge in [0.25, 0.3) is 0 Å². The molecule has 20 heavy (non-hydrogen) atoms. The number of pyridine rings is 1. The Morgan fingerprint density at radius 1 is 1.25 bits per heavy atom. The summed E-state index contributed by atoms with van der Waals surface area (Å²) in [6.07, 6.45) is 5.19. The molecule has 0 atom stereocenters. The number of hydrogen-bond acceptors (Lipinski definition) is 3. The zero-order valence-electron chi connectivity index (χ0n) is 12.3. The van der Waals surface area contributed by atoms with Crippen LogP contribution in [0.5, 0.6) is 0 Å². The molecule has 0 saturated heterocycles. The normalized spacial score (nSPS) is 10.8. The van der Waals surface area contributed by atoms with Gasteiger partial charge in [0.1, 0.15) is 0 Å². The average Bonchev–Trinajstić information content (AvgIpc) is 2.47. The summed E-state index contributed by atoms with van der Waals surface area (Å²) < 4.78 is 5.01. The number of aliphatic imine (C=N–C) groups is 1. The van der Waals surface area contributed by atoms with Crippen LogP contribution >= 0.6 is 24.0 Å². The molecule has 0 aromatic carbocycles. The summed E-state index contributed by atoms with van der Waals surface area (Å²) in [7, 11) is 3.51. The first-order chi connectivity index (χ1) is 9.36. The van der Waals surface area contributed by atoms with Gasteiger partial charge in [0.15, 0.2) is 5.96 Å². The number of halogens is 1. The monoisotopic (exact) mass is 392 g/mol. The Kier molecular flexibility index (Phi) is 12.5. The first-order valence-electron chi connectivity index (χ1n) is 6.70. The number of rotatable bonds is 8. The van der Waals surface area contributed by atoms with Gasteiger partial charge < -0.3 is 15.4 Å². The van der Waals surface area contributed by atoms with E-state index in [9.17, 15) is 0 Å². The molecule has 0 aliphatic rings. The molecule has 0 radical (unpaired) electrons. The van der Waals surface area contributed by atoms with Crippen LogP contribution in [-0.2, 0) is 11.3 Å². The second kappa shape index (κ2) is 13.1.